The summed E-state index contributed by atoms with van der Waals surface area (Å²) in [6.45, 7) is 9.88. The van der Waals surface area contributed by atoms with Crippen LogP contribution in [-0.2, 0) is 4.74 Å². The lowest BCUT2D eigenvalue weighted by atomic mass is 9.87. The quantitative estimate of drug-likeness (QED) is 0.697. The van der Waals surface area contributed by atoms with Crippen LogP contribution in [-0.4, -0.2) is 49.8 Å². The van der Waals surface area contributed by atoms with E-state index in [1.54, 1.807) is 0 Å². The van der Waals surface area contributed by atoms with Crippen LogP contribution >= 0.6 is 0 Å². The predicted octanol–water partition coefficient (Wildman–Crippen LogP) is 3.04. The molecule has 19 heavy (non-hydrogen) atoms. The van der Waals surface area contributed by atoms with Gasteiger partial charge in [0.05, 0.1) is 6.61 Å². The normalized spacial score (nSPS) is 24.3. The number of hydrogen-bond acceptors (Lipinski definition) is 3. The second kappa shape index (κ2) is 9.73. The summed E-state index contributed by atoms with van der Waals surface area (Å²) in [6.07, 6.45) is 7.94. The monoisotopic (exact) mass is 270 g/mol. The van der Waals surface area contributed by atoms with E-state index >= 15 is 0 Å². The van der Waals surface area contributed by atoms with Gasteiger partial charge in [0.25, 0.3) is 0 Å². The van der Waals surface area contributed by atoms with E-state index in [-0.39, 0.29) is 0 Å². The topological polar surface area (TPSA) is 24.5 Å². The number of nitrogens with zero attached hydrogens (tertiary/aromatic N) is 1. The average molecular weight is 270 g/mol. The van der Waals surface area contributed by atoms with E-state index in [2.05, 4.69) is 31.0 Å². The minimum absolute atomic E-state index is 0.677. The Labute approximate surface area is 120 Å². The summed E-state index contributed by atoms with van der Waals surface area (Å²) in [5.41, 5.74) is 0. The lowest BCUT2D eigenvalue weighted by molar-refractivity contribution is 0.0466. The lowest BCUT2D eigenvalue weighted by Crippen LogP contribution is -2.55. The Morgan fingerprint density at radius 2 is 1.84 bits per heavy atom. The van der Waals surface area contributed by atoms with Gasteiger partial charge in [-0.25, -0.2) is 0 Å². The summed E-state index contributed by atoms with van der Waals surface area (Å²) < 4.78 is 5.34. The van der Waals surface area contributed by atoms with Crippen LogP contribution in [0.1, 0.15) is 59.3 Å². The number of hydrogen-bond donors (Lipinski definition) is 1. The Morgan fingerprint density at radius 3 is 2.42 bits per heavy atom. The first kappa shape index (κ1) is 16.9. The molecule has 0 aromatic rings. The fraction of sp³-hybridized carbons (Fsp3) is 1.00. The maximum absolute atomic E-state index is 5.34. The van der Waals surface area contributed by atoms with E-state index in [9.17, 15) is 0 Å². The van der Waals surface area contributed by atoms with Crippen LogP contribution in [0.2, 0.25) is 0 Å². The molecular formula is C16H34N2O. The molecule has 3 nitrogen and oxygen atoms in total. The molecule has 1 aliphatic carbocycles. The van der Waals surface area contributed by atoms with Crippen molar-refractivity contribution in [1.82, 2.24) is 10.2 Å². The highest BCUT2D eigenvalue weighted by Gasteiger charge is 2.32. The molecule has 2 unspecified atom stereocenters. The summed E-state index contributed by atoms with van der Waals surface area (Å²) in [7, 11) is 1.81. The number of likely N-dealkylation sites (N-methyl/N-ethyl adjacent to an activating group) is 1. The van der Waals surface area contributed by atoms with Crippen LogP contribution in [0.25, 0.3) is 0 Å². The van der Waals surface area contributed by atoms with E-state index in [1.165, 1.54) is 38.5 Å². The highest BCUT2D eigenvalue weighted by atomic mass is 16.5. The Hall–Kier alpha value is -0.120. The van der Waals surface area contributed by atoms with Crippen molar-refractivity contribution in [2.75, 3.05) is 26.8 Å². The zero-order chi connectivity index (χ0) is 14.1. The van der Waals surface area contributed by atoms with Gasteiger partial charge in [-0.05, 0) is 32.2 Å². The largest absolute Gasteiger partial charge is 0.383 e. The molecule has 0 heterocycles. The molecule has 0 aromatic heterocycles. The van der Waals surface area contributed by atoms with Crippen molar-refractivity contribution >= 4 is 0 Å². The van der Waals surface area contributed by atoms with Crippen molar-refractivity contribution in [1.29, 1.82) is 0 Å². The van der Waals surface area contributed by atoms with Gasteiger partial charge in [0.15, 0.2) is 0 Å². The zero-order valence-corrected chi connectivity index (χ0v) is 13.5. The number of ether oxygens (including phenoxy) is 1. The van der Waals surface area contributed by atoms with Crippen molar-refractivity contribution < 1.29 is 4.74 Å². The van der Waals surface area contributed by atoms with Crippen LogP contribution in [0.5, 0.6) is 0 Å². The van der Waals surface area contributed by atoms with Crippen molar-refractivity contribution in [3.8, 4) is 0 Å². The van der Waals surface area contributed by atoms with Crippen LogP contribution in [0.15, 0.2) is 0 Å². The second-order valence-electron chi connectivity index (χ2n) is 5.72. The smallest absolute Gasteiger partial charge is 0.0589 e. The van der Waals surface area contributed by atoms with Crippen molar-refractivity contribution in [2.24, 2.45) is 0 Å². The third kappa shape index (κ3) is 5.05. The molecule has 0 amide bonds. The molecule has 0 bridgehead atoms. The molecule has 114 valence electrons. The maximum atomic E-state index is 5.34. The summed E-state index contributed by atoms with van der Waals surface area (Å²) in [4.78, 5) is 2.73. The molecule has 3 heteroatoms. The highest BCUT2D eigenvalue weighted by Crippen LogP contribution is 2.26. The van der Waals surface area contributed by atoms with Crippen LogP contribution in [0.4, 0.5) is 0 Å². The summed E-state index contributed by atoms with van der Waals surface area (Å²) in [5.74, 6) is 0. The van der Waals surface area contributed by atoms with Gasteiger partial charge in [0.1, 0.15) is 0 Å². The first-order chi connectivity index (χ1) is 9.28. The molecular weight excluding hydrogens is 236 g/mol. The molecule has 1 rings (SSSR count). The van der Waals surface area contributed by atoms with Gasteiger partial charge < -0.3 is 10.1 Å². The maximum Gasteiger partial charge on any atom is 0.0589 e. The standard InChI is InChI=1S/C16H34N2O/c1-5-14(6-2)18(12-13-19-4)16-11-9-8-10-15(16)17-7-3/h14-17H,5-13H2,1-4H3. The molecule has 0 aliphatic heterocycles. The van der Waals surface area contributed by atoms with Gasteiger partial charge in [0.2, 0.25) is 0 Å². The van der Waals surface area contributed by atoms with E-state index in [0.29, 0.717) is 18.1 Å². The van der Waals surface area contributed by atoms with Crippen molar-refractivity contribution in [3.63, 3.8) is 0 Å². The number of nitrogens with one attached hydrogen (secondary N) is 1. The fourth-order valence-corrected chi connectivity index (χ4v) is 3.58. The molecule has 1 saturated carbocycles. The lowest BCUT2D eigenvalue weighted by Gasteiger charge is -2.44. The van der Waals surface area contributed by atoms with Crippen LogP contribution in [0, 0.1) is 0 Å². The van der Waals surface area contributed by atoms with Crippen LogP contribution in [0.3, 0.4) is 0 Å². The predicted molar refractivity (Wildman–Crippen MR) is 82.7 cm³/mol. The van der Waals surface area contributed by atoms with Gasteiger partial charge in [-0.2, -0.15) is 0 Å². The van der Waals surface area contributed by atoms with Gasteiger partial charge in [-0.15, -0.1) is 0 Å². The molecule has 0 saturated heterocycles. The first-order valence-electron chi connectivity index (χ1n) is 8.26. The number of rotatable bonds is 9. The fourth-order valence-electron chi connectivity index (χ4n) is 3.58. The minimum Gasteiger partial charge on any atom is -0.383 e. The Kier molecular flexibility index (Phi) is 8.67. The minimum atomic E-state index is 0.677. The highest BCUT2D eigenvalue weighted by molar-refractivity contribution is 4.90. The summed E-state index contributed by atoms with van der Waals surface area (Å²) >= 11 is 0. The third-order valence-electron chi connectivity index (χ3n) is 4.59. The Bertz CT molecular complexity index is 217. The molecule has 0 aromatic carbocycles. The van der Waals surface area contributed by atoms with E-state index in [0.717, 1.165) is 19.7 Å². The van der Waals surface area contributed by atoms with Crippen molar-refractivity contribution in [2.45, 2.75) is 77.4 Å². The zero-order valence-electron chi connectivity index (χ0n) is 13.5. The molecule has 1 fully saturated rings. The molecule has 1 aliphatic rings. The summed E-state index contributed by atoms with van der Waals surface area (Å²) in [5, 5.41) is 3.71. The molecule has 1 N–H and O–H groups in total. The average Bonchev–Trinajstić information content (AvgIpc) is 2.45. The molecule has 0 spiro atoms. The number of methoxy groups -OCH3 is 1. The Balaban J connectivity index is 2.73. The van der Waals surface area contributed by atoms with E-state index in [1.807, 2.05) is 7.11 Å². The molecule has 2 atom stereocenters. The Morgan fingerprint density at radius 1 is 1.16 bits per heavy atom. The van der Waals surface area contributed by atoms with Gasteiger partial charge in [-0.3, -0.25) is 4.90 Å². The second-order valence-corrected chi connectivity index (χ2v) is 5.72. The van der Waals surface area contributed by atoms with Crippen molar-refractivity contribution in [3.05, 3.63) is 0 Å². The van der Waals surface area contributed by atoms with Crippen LogP contribution < -0.4 is 5.32 Å². The van der Waals surface area contributed by atoms with Gasteiger partial charge >= 0.3 is 0 Å². The first-order valence-corrected chi connectivity index (χ1v) is 8.26. The summed E-state index contributed by atoms with van der Waals surface area (Å²) in [6, 6.07) is 2.09. The van der Waals surface area contributed by atoms with Gasteiger partial charge in [-0.1, -0.05) is 33.6 Å². The van der Waals surface area contributed by atoms with E-state index in [4.69, 9.17) is 4.74 Å². The SMILES string of the molecule is CCNC1CCCCC1N(CCOC)C(CC)CC. The third-order valence-corrected chi connectivity index (χ3v) is 4.59. The van der Waals surface area contributed by atoms with E-state index < -0.39 is 0 Å². The van der Waals surface area contributed by atoms with Gasteiger partial charge in [0, 0.05) is 31.8 Å². The molecule has 0 radical (unpaired) electrons.